The van der Waals surface area contributed by atoms with Crippen molar-refractivity contribution in [1.29, 1.82) is 0 Å². The molecule has 2 aromatic carbocycles. The van der Waals surface area contributed by atoms with Crippen molar-refractivity contribution in [3.8, 4) is 16.9 Å². The lowest BCUT2D eigenvalue weighted by Crippen LogP contribution is -2.27. The molecule has 0 unspecified atom stereocenters. The van der Waals surface area contributed by atoms with Gasteiger partial charge in [-0.25, -0.2) is 4.68 Å². The van der Waals surface area contributed by atoms with Crippen LogP contribution in [0.1, 0.15) is 12.1 Å². The van der Waals surface area contributed by atoms with Crippen molar-refractivity contribution in [2.45, 2.75) is 12.8 Å². The Labute approximate surface area is 150 Å². The van der Waals surface area contributed by atoms with Gasteiger partial charge in [-0.05, 0) is 12.1 Å². The molecule has 1 heterocycles. The summed E-state index contributed by atoms with van der Waals surface area (Å²) >= 11 is 0. The third-order valence-electron chi connectivity index (χ3n) is 3.78. The smallest absolute Gasteiger partial charge is 0.305 e. The molecule has 1 amide bonds. The summed E-state index contributed by atoms with van der Waals surface area (Å²) < 4.78 is 1.70. The number of carboxylic acids is 1. The van der Waals surface area contributed by atoms with Crippen molar-refractivity contribution >= 4 is 11.9 Å². The first-order valence-corrected chi connectivity index (χ1v) is 8.19. The monoisotopic (exact) mass is 350 g/mol. The number of rotatable bonds is 7. The fourth-order valence-corrected chi connectivity index (χ4v) is 2.59. The fraction of sp³-hybridized carbons (Fsp3) is 0.158. The second-order valence-electron chi connectivity index (χ2n) is 5.67. The normalized spacial score (nSPS) is 10.5. The second-order valence-corrected chi connectivity index (χ2v) is 5.67. The first-order valence-electron chi connectivity index (χ1n) is 8.19. The summed E-state index contributed by atoms with van der Waals surface area (Å²) in [6.07, 6.45) is -0.0926. The number of benzene rings is 2. The predicted molar refractivity (Wildman–Crippen MR) is 95.8 cm³/mol. The molecule has 0 fully saturated rings. The Morgan fingerprint density at radius 3 is 2.31 bits per heavy atom. The summed E-state index contributed by atoms with van der Waals surface area (Å²) in [5.74, 6) is -1.24. The van der Waals surface area contributed by atoms with E-state index in [1.807, 2.05) is 60.7 Å². The molecule has 7 nitrogen and oxygen atoms in total. The zero-order chi connectivity index (χ0) is 18.4. The van der Waals surface area contributed by atoms with Crippen LogP contribution in [0.4, 0.5) is 0 Å². The molecule has 2 N–H and O–H groups in total. The highest BCUT2D eigenvalue weighted by Crippen LogP contribution is 2.25. The summed E-state index contributed by atoms with van der Waals surface area (Å²) in [6, 6.07) is 19.2. The van der Waals surface area contributed by atoms with Gasteiger partial charge in [0.05, 0.1) is 24.2 Å². The Morgan fingerprint density at radius 1 is 1.00 bits per heavy atom. The molecule has 1 aromatic heterocycles. The van der Waals surface area contributed by atoms with Crippen LogP contribution >= 0.6 is 0 Å². The number of nitrogens with one attached hydrogen (secondary N) is 1. The average molecular weight is 350 g/mol. The van der Waals surface area contributed by atoms with Crippen LogP contribution in [0.15, 0.2) is 60.7 Å². The lowest BCUT2D eigenvalue weighted by Gasteiger charge is -2.08. The van der Waals surface area contributed by atoms with Crippen LogP contribution < -0.4 is 5.32 Å². The average Bonchev–Trinajstić information content (AvgIpc) is 3.06. The Bertz CT molecular complexity index is 892. The number of hydrogen-bond acceptors (Lipinski definition) is 4. The molecule has 0 saturated heterocycles. The number of para-hydroxylation sites is 1. The van der Waals surface area contributed by atoms with Crippen LogP contribution in [0.2, 0.25) is 0 Å². The highest BCUT2D eigenvalue weighted by atomic mass is 16.4. The highest BCUT2D eigenvalue weighted by Gasteiger charge is 2.18. The molecule has 0 aliphatic carbocycles. The summed E-state index contributed by atoms with van der Waals surface area (Å²) in [7, 11) is 0. The largest absolute Gasteiger partial charge is 0.481 e. The van der Waals surface area contributed by atoms with Gasteiger partial charge in [-0.15, -0.1) is 5.10 Å². The van der Waals surface area contributed by atoms with E-state index >= 15 is 0 Å². The van der Waals surface area contributed by atoms with Crippen molar-refractivity contribution in [2.75, 3.05) is 6.54 Å². The summed E-state index contributed by atoms with van der Waals surface area (Å²) in [6.45, 7) is 0.0850. The third-order valence-corrected chi connectivity index (χ3v) is 3.78. The van der Waals surface area contributed by atoms with Crippen LogP contribution in [0.5, 0.6) is 0 Å². The maximum atomic E-state index is 12.1. The van der Waals surface area contributed by atoms with Crippen LogP contribution in [-0.4, -0.2) is 38.5 Å². The number of carbonyl (C=O) groups excluding carboxylic acids is 1. The topological polar surface area (TPSA) is 97.1 Å². The number of amides is 1. The Morgan fingerprint density at radius 2 is 1.65 bits per heavy atom. The van der Waals surface area contributed by atoms with Crippen molar-refractivity contribution in [2.24, 2.45) is 0 Å². The van der Waals surface area contributed by atoms with Crippen molar-refractivity contribution in [3.63, 3.8) is 0 Å². The minimum atomic E-state index is -0.953. The number of aliphatic carboxylic acids is 1. The van der Waals surface area contributed by atoms with Crippen molar-refractivity contribution in [3.05, 3.63) is 66.4 Å². The van der Waals surface area contributed by atoms with Crippen molar-refractivity contribution in [1.82, 2.24) is 20.3 Å². The van der Waals surface area contributed by atoms with E-state index in [-0.39, 0.29) is 25.3 Å². The Hall–Kier alpha value is -3.48. The number of hydrogen-bond donors (Lipinski definition) is 2. The van der Waals surface area contributed by atoms with E-state index in [4.69, 9.17) is 5.11 Å². The minimum Gasteiger partial charge on any atom is -0.481 e. The van der Waals surface area contributed by atoms with E-state index in [1.54, 1.807) is 4.68 Å². The standard InChI is InChI=1S/C19H18N4O3/c24-17(20-12-11-18(25)26)13-16-19(14-7-3-1-4-8-14)23(22-21-16)15-9-5-2-6-10-15/h1-10H,11-13H2,(H,20,24)(H,25,26). The summed E-state index contributed by atoms with van der Waals surface area (Å²) in [5.41, 5.74) is 3.02. The maximum absolute atomic E-state index is 12.1. The van der Waals surface area contributed by atoms with E-state index in [0.717, 1.165) is 16.9 Å². The van der Waals surface area contributed by atoms with Crippen LogP contribution in [0.25, 0.3) is 16.9 Å². The van der Waals surface area contributed by atoms with E-state index in [2.05, 4.69) is 15.6 Å². The molecular weight excluding hydrogens is 332 g/mol. The lowest BCUT2D eigenvalue weighted by atomic mass is 10.1. The van der Waals surface area contributed by atoms with Gasteiger partial charge in [0.15, 0.2) is 0 Å². The number of carbonyl (C=O) groups is 2. The molecule has 132 valence electrons. The molecule has 3 rings (SSSR count). The summed E-state index contributed by atoms with van der Waals surface area (Å²) in [5, 5.41) is 19.7. The molecule has 0 atom stereocenters. The zero-order valence-corrected chi connectivity index (χ0v) is 14.0. The Kier molecular flexibility index (Phi) is 5.38. The van der Waals surface area contributed by atoms with Gasteiger partial charge in [-0.1, -0.05) is 53.7 Å². The van der Waals surface area contributed by atoms with Gasteiger partial charge in [0.2, 0.25) is 5.91 Å². The molecular formula is C19H18N4O3. The third kappa shape index (κ3) is 4.13. The number of carboxylic acid groups (broad SMARTS) is 1. The lowest BCUT2D eigenvalue weighted by molar-refractivity contribution is -0.136. The molecule has 0 aliphatic rings. The maximum Gasteiger partial charge on any atom is 0.305 e. The van der Waals surface area contributed by atoms with Gasteiger partial charge >= 0.3 is 5.97 Å². The van der Waals surface area contributed by atoms with Crippen LogP contribution in [-0.2, 0) is 16.0 Å². The van der Waals surface area contributed by atoms with Crippen LogP contribution in [0.3, 0.4) is 0 Å². The van der Waals surface area contributed by atoms with E-state index < -0.39 is 5.97 Å². The zero-order valence-electron chi connectivity index (χ0n) is 14.0. The predicted octanol–water partition coefficient (Wildman–Crippen LogP) is 2.07. The van der Waals surface area contributed by atoms with Gasteiger partial charge in [0.25, 0.3) is 0 Å². The van der Waals surface area contributed by atoms with E-state index in [0.29, 0.717) is 5.69 Å². The van der Waals surface area contributed by atoms with E-state index in [1.165, 1.54) is 0 Å². The highest BCUT2D eigenvalue weighted by molar-refractivity contribution is 5.81. The molecule has 0 spiro atoms. The number of aromatic nitrogens is 3. The summed E-state index contributed by atoms with van der Waals surface area (Å²) in [4.78, 5) is 22.7. The van der Waals surface area contributed by atoms with Gasteiger partial charge in [0, 0.05) is 12.1 Å². The number of nitrogens with zero attached hydrogens (tertiary/aromatic N) is 3. The molecule has 0 radical (unpaired) electrons. The fourth-order valence-electron chi connectivity index (χ4n) is 2.59. The molecule has 7 heteroatoms. The van der Waals surface area contributed by atoms with Gasteiger partial charge < -0.3 is 10.4 Å². The Balaban J connectivity index is 1.90. The van der Waals surface area contributed by atoms with Gasteiger partial charge in [-0.3, -0.25) is 9.59 Å². The SMILES string of the molecule is O=C(O)CCNC(=O)Cc1nnn(-c2ccccc2)c1-c1ccccc1. The van der Waals surface area contributed by atoms with Gasteiger partial charge in [0.1, 0.15) is 5.69 Å². The van der Waals surface area contributed by atoms with E-state index in [9.17, 15) is 9.59 Å². The molecule has 0 bridgehead atoms. The minimum absolute atomic E-state index is 0.0245. The quantitative estimate of drug-likeness (QED) is 0.680. The van der Waals surface area contributed by atoms with Crippen molar-refractivity contribution < 1.29 is 14.7 Å². The second kappa shape index (κ2) is 8.06. The molecule has 3 aromatic rings. The molecule has 0 saturated carbocycles. The van der Waals surface area contributed by atoms with Gasteiger partial charge in [-0.2, -0.15) is 0 Å². The molecule has 26 heavy (non-hydrogen) atoms. The first kappa shape index (κ1) is 17.3. The van der Waals surface area contributed by atoms with Crippen LogP contribution in [0, 0.1) is 0 Å². The first-order chi connectivity index (χ1) is 12.6. The molecule has 0 aliphatic heterocycles.